The number of aliphatic hydroxyl groups is 2. The second kappa shape index (κ2) is 6.59. The van der Waals surface area contributed by atoms with Crippen LogP contribution in [0.25, 0.3) is 0 Å². The Morgan fingerprint density at radius 2 is 1.85 bits per heavy atom. The van der Waals surface area contributed by atoms with Crippen molar-refractivity contribution in [1.29, 1.82) is 0 Å². The van der Waals surface area contributed by atoms with Gasteiger partial charge in [-0.25, -0.2) is 0 Å². The molecule has 0 radical (unpaired) electrons. The summed E-state index contributed by atoms with van der Waals surface area (Å²) in [5.41, 5.74) is 3.29. The first kappa shape index (κ1) is 19.5. The highest BCUT2D eigenvalue weighted by Crippen LogP contribution is 2.66. The zero-order valence-electron chi connectivity index (χ0n) is 17.7. The van der Waals surface area contributed by atoms with Crippen LogP contribution in [-0.2, 0) is 0 Å². The minimum Gasteiger partial charge on any atom is -0.392 e. The quantitative estimate of drug-likeness (QED) is 0.651. The predicted octanol–water partition coefficient (Wildman–Crippen LogP) is 5.42. The molecule has 0 heterocycles. The number of rotatable bonds is 3. The normalized spacial score (nSPS) is 47.7. The van der Waals surface area contributed by atoms with Crippen molar-refractivity contribution >= 4 is 0 Å². The third-order valence-electron chi connectivity index (χ3n) is 9.04. The Hall–Kier alpha value is -0.860. The van der Waals surface area contributed by atoms with Crippen LogP contribution < -0.4 is 0 Å². The molecule has 0 aliphatic heterocycles. The van der Waals surface area contributed by atoms with Crippen LogP contribution in [-0.4, -0.2) is 22.4 Å². The van der Waals surface area contributed by atoms with Gasteiger partial charge >= 0.3 is 0 Å². The van der Waals surface area contributed by atoms with Gasteiger partial charge in [-0.2, -0.15) is 0 Å². The molecule has 7 atom stereocenters. The lowest BCUT2D eigenvalue weighted by Gasteiger charge is -2.58. The average Bonchev–Trinajstić information content (AvgIpc) is 2.97. The third kappa shape index (κ3) is 2.99. The Morgan fingerprint density at radius 3 is 2.59 bits per heavy atom. The summed E-state index contributed by atoms with van der Waals surface area (Å²) >= 11 is 0. The lowest BCUT2D eigenvalue weighted by molar-refractivity contribution is -0.0529. The molecule has 2 nitrogen and oxygen atoms in total. The molecule has 4 rings (SSSR count). The molecule has 4 aliphatic rings. The summed E-state index contributed by atoms with van der Waals surface area (Å²) in [5.74, 6) is 2.75. The van der Waals surface area contributed by atoms with E-state index < -0.39 is 5.60 Å². The Kier molecular flexibility index (Phi) is 4.75. The van der Waals surface area contributed by atoms with E-state index in [2.05, 4.69) is 39.0 Å². The number of fused-ring (bicyclic) bond motifs is 5. The van der Waals surface area contributed by atoms with E-state index in [0.717, 1.165) is 37.0 Å². The van der Waals surface area contributed by atoms with Gasteiger partial charge in [-0.05, 0) is 86.4 Å². The zero-order chi connectivity index (χ0) is 19.4. The van der Waals surface area contributed by atoms with E-state index in [1.807, 2.05) is 13.0 Å². The molecule has 2 N–H and O–H groups in total. The van der Waals surface area contributed by atoms with E-state index in [9.17, 15) is 5.11 Å². The zero-order valence-corrected chi connectivity index (χ0v) is 17.7. The van der Waals surface area contributed by atoms with Crippen molar-refractivity contribution in [3.8, 4) is 0 Å². The molecule has 0 spiro atoms. The van der Waals surface area contributed by atoms with Crippen LogP contribution >= 0.6 is 0 Å². The SMILES string of the molecule is C[C@H](/C=C/CO)C1=CC[C@H]2[C@@H]3CC=C4C[C@@](C)(O)CC[C@]4(C)C3CC[C@]12C. The van der Waals surface area contributed by atoms with Gasteiger partial charge in [-0.1, -0.05) is 56.2 Å². The number of hydrogen-bond acceptors (Lipinski definition) is 2. The van der Waals surface area contributed by atoms with Crippen LogP contribution in [0.2, 0.25) is 0 Å². The van der Waals surface area contributed by atoms with E-state index in [1.165, 1.54) is 25.7 Å². The first-order valence-electron chi connectivity index (χ1n) is 11.1. The molecule has 0 bridgehead atoms. The van der Waals surface area contributed by atoms with Crippen molar-refractivity contribution in [1.82, 2.24) is 0 Å². The highest BCUT2D eigenvalue weighted by Gasteiger charge is 2.57. The summed E-state index contributed by atoms with van der Waals surface area (Å²) in [7, 11) is 0. The molecule has 1 unspecified atom stereocenters. The number of allylic oxidation sites excluding steroid dienone is 4. The fourth-order valence-corrected chi connectivity index (χ4v) is 7.48. The average molecular weight is 371 g/mol. The van der Waals surface area contributed by atoms with Crippen molar-refractivity contribution in [2.75, 3.05) is 6.61 Å². The molecular formula is C25H38O2. The van der Waals surface area contributed by atoms with Crippen LogP contribution in [0.15, 0.2) is 35.5 Å². The number of hydrogen-bond donors (Lipinski definition) is 2. The van der Waals surface area contributed by atoms with Crippen molar-refractivity contribution in [2.45, 2.75) is 78.2 Å². The van der Waals surface area contributed by atoms with Crippen LogP contribution in [0.1, 0.15) is 72.6 Å². The third-order valence-corrected chi connectivity index (χ3v) is 9.04. The summed E-state index contributed by atoms with van der Waals surface area (Å²) in [6.45, 7) is 9.47. The van der Waals surface area contributed by atoms with Crippen LogP contribution in [0.5, 0.6) is 0 Å². The van der Waals surface area contributed by atoms with Gasteiger partial charge in [0.1, 0.15) is 0 Å². The summed E-state index contributed by atoms with van der Waals surface area (Å²) in [6, 6.07) is 0. The molecule has 2 fully saturated rings. The Balaban J connectivity index is 1.60. The molecule has 0 aromatic rings. The minimum absolute atomic E-state index is 0.137. The highest BCUT2D eigenvalue weighted by atomic mass is 16.3. The minimum atomic E-state index is -0.502. The van der Waals surface area contributed by atoms with E-state index >= 15 is 0 Å². The second-order valence-corrected chi connectivity index (χ2v) is 10.7. The lowest BCUT2D eigenvalue weighted by Crippen LogP contribution is -2.51. The second-order valence-electron chi connectivity index (χ2n) is 10.7. The smallest absolute Gasteiger partial charge is 0.0657 e. The van der Waals surface area contributed by atoms with Gasteiger partial charge in [0.2, 0.25) is 0 Å². The summed E-state index contributed by atoms with van der Waals surface area (Å²) in [4.78, 5) is 0. The van der Waals surface area contributed by atoms with Gasteiger partial charge in [0.25, 0.3) is 0 Å². The van der Waals surface area contributed by atoms with E-state index in [0.29, 0.717) is 16.7 Å². The van der Waals surface area contributed by atoms with Gasteiger partial charge in [0.05, 0.1) is 12.2 Å². The molecule has 4 aliphatic carbocycles. The summed E-state index contributed by atoms with van der Waals surface area (Å²) in [6.07, 6.45) is 17.2. The maximum absolute atomic E-state index is 10.6. The van der Waals surface area contributed by atoms with Crippen LogP contribution in [0.4, 0.5) is 0 Å². The van der Waals surface area contributed by atoms with Crippen molar-refractivity contribution < 1.29 is 10.2 Å². The topological polar surface area (TPSA) is 40.5 Å². The Bertz CT molecular complexity index is 684. The van der Waals surface area contributed by atoms with Crippen molar-refractivity contribution in [2.24, 2.45) is 34.5 Å². The molecule has 2 heteroatoms. The van der Waals surface area contributed by atoms with Gasteiger partial charge in [0.15, 0.2) is 0 Å². The molecule has 2 saturated carbocycles. The largest absolute Gasteiger partial charge is 0.392 e. The summed E-state index contributed by atoms with van der Waals surface area (Å²) < 4.78 is 0. The van der Waals surface area contributed by atoms with Gasteiger partial charge in [0, 0.05) is 0 Å². The molecular weight excluding hydrogens is 332 g/mol. The van der Waals surface area contributed by atoms with Gasteiger partial charge in [-0.3, -0.25) is 0 Å². The predicted molar refractivity (Wildman–Crippen MR) is 111 cm³/mol. The monoisotopic (exact) mass is 370 g/mol. The van der Waals surface area contributed by atoms with E-state index in [1.54, 1.807) is 11.1 Å². The van der Waals surface area contributed by atoms with Crippen molar-refractivity contribution in [3.63, 3.8) is 0 Å². The standard InChI is InChI=1S/C25H38O2/c1-17(6-5-15-26)20-9-10-21-19-8-7-18-16-23(2,27)13-14-24(18,3)22(19)11-12-25(20,21)4/h5-7,9,17,19,21-22,26-27H,8,10-16H2,1-4H3/b6-5+/t17-,19+,21+,22?,23+,24+,25-/m1/s1. The molecule has 0 aromatic carbocycles. The van der Waals surface area contributed by atoms with Gasteiger partial charge < -0.3 is 10.2 Å². The lowest BCUT2D eigenvalue weighted by atomic mass is 9.46. The fraction of sp³-hybridized carbons (Fsp3) is 0.760. The number of aliphatic hydroxyl groups excluding tert-OH is 1. The first-order valence-corrected chi connectivity index (χ1v) is 11.1. The van der Waals surface area contributed by atoms with Crippen LogP contribution in [0, 0.1) is 34.5 Å². The molecule has 27 heavy (non-hydrogen) atoms. The summed E-state index contributed by atoms with van der Waals surface area (Å²) in [5, 5.41) is 19.8. The van der Waals surface area contributed by atoms with E-state index in [-0.39, 0.29) is 6.61 Å². The fourth-order valence-electron chi connectivity index (χ4n) is 7.48. The van der Waals surface area contributed by atoms with E-state index in [4.69, 9.17) is 5.11 Å². The Morgan fingerprint density at radius 1 is 1.07 bits per heavy atom. The highest BCUT2D eigenvalue weighted by molar-refractivity contribution is 5.32. The Labute approximate surface area is 165 Å². The van der Waals surface area contributed by atoms with Crippen molar-refractivity contribution in [3.05, 3.63) is 35.5 Å². The molecule has 0 aromatic heterocycles. The first-order chi connectivity index (χ1) is 12.7. The van der Waals surface area contributed by atoms with Crippen LogP contribution in [0.3, 0.4) is 0 Å². The molecule has 0 saturated heterocycles. The molecule has 150 valence electrons. The van der Waals surface area contributed by atoms with Gasteiger partial charge in [-0.15, -0.1) is 0 Å². The molecule has 0 amide bonds. The maximum Gasteiger partial charge on any atom is 0.0657 e. The maximum atomic E-state index is 10.6.